The Labute approximate surface area is 125 Å². The van der Waals surface area contributed by atoms with Crippen LogP contribution in [-0.2, 0) is 4.74 Å². The topological polar surface area (TPSA) is 66.5 Å². The number of morpholine rings is 1. The number of nitrogens with one attached hydrogen (secondary N) is 2. The van der Waals surface area contributed by atoms with Crippen LogP contribution in [0.15, 0.2) is 18.3 Å². The number of pyridine rings is 1. The molecule has 1 saturated heterocycles. The molecule has 1 aliphatic rings. The van der Waals surface area contributed by atoms with Crippen LogP contribution >= 0.6 is 0 Å². The number of anilines is 1. The van der Waals surface area contributed by atoms with Crippen LogP contribution in [0.1, 0.15) is 24.3 Å². The fraction of sp³-hybridized carbons (Fsp3) is 0.600. The molecule has 2 heterocycles. The summed E-state index contributed by atoms with van der Waals surface area (Å²) in [5.41, 5.74) is 1.38. The van der Waals surface area contributed by atoms with Gasteiger partial charge in [-0.05, 0) is 26.0 Å². The van der Waals surface area contributed by atoms with Gasteiger partial charge in [0.05, 0.1) is 25.1 Å². The molecular formula is C15H24N4O2. The second-order valence-electron chi connectivity index (χ2n) is 5.44. The Kier molecular flexibility index (Phi) is 5.95. The number of aromatic nitrogens is 1. The lowest BCUT2D eigenvalue weighted by molar-refractivity contribution is 0.0398. The highest BCUT2D eigenvalue weighted by atomic mass is 16.5. The molecule has 2 N–H and O–H groups in total. The maximum Gasteiger partial charge on any atom is 0.270 e. The lowest BCUT2D eigenvalue weighted by Crippen LogP contribution is -2.39. The van der Waals surface area contributed by atoms with E-state index in [1.807, 2.05) is 19.9 Å². The Morgan fingerprint density at radius 2 is 2.14 bits per heavy atom. The third kappa shape index (κ3) is 5.32. The molecule has 0 bridgehead atoms. The Bertz CT molecular complexity index is 441. The summed E-state index contributed by atoms with van der Waals surface area (Å²) < 4.78 is 5.32. The van der Waals surface area contributed by atoms with E-state index in [1.165, 1.54) is 0 Å². The van der Waals surface area contributed by atoms with Crippen LogP contribution in [-0.4, -0.2) is 61.2 Å². The predicted molar refractivity (Wildman–Crippen MR) is 82.6 cm³/mol. The van der Waals surface area contributed by atoms with Gasteiger partial charge in [0.15, 0.2) is 0 Å². The van der Waals surface area contributed by atoms with Gasteiger partial charge in [-0.2, -0.15) is 0 Å². The minimum Gasteiger partial charge on any atom is -0.383 e. The van der Waals surface area contributed by atoms with E-state index in [0.717, 1.165) is 45.1 Å². The minimum absolute atomic E-state index is 0.116. The highest BCUT2D eigenvalue weighted by Gasteiger charge is 2.10. The van der Waals surface area contributed by atoms with Crippen LogP contribution in [0.4, 0.5) is 5.69 Å². The quantitative estimate of drug-likeness (QED) is 0.817. The van der Waals surface area contributed by atoms with Gasteiger partial charge in [0.25, 0.3) is 5.91 Å². The van der Waals surface area contributed by atoms with Crippen molar-refractivity contribution in [3.8, 4) is 0 Å². The molecule has 1 aliphatic heterocycles. The number of nitrogens with zero attached hydrogens (tertiary/aromatic N) is 2. The highest BCUT2D eigenvalue weighted by molar-refractivity contribution is 5.92. The van der Waals surface area contributed by atoms with E-state index in [1.54, 1.807) is 12.3 Å². The van der Waals surface area contributed by atoms with Crippen LogP contribution in [0.3, 0.4) is 0 Å². The second-order valence-corrected chi connectivity index (χ2v) is 5.44. The van der Waals surface area contributed by atoms with Gasteiger partial charge in [-0.1, -0.05) is 0 Å². The van der Waals surface area contributed by atoms with Crippen LogP contribution in [0.5, 0.6) is 0 Å². The molecule has 1 aromatic rings. The molecule has 1 fully saturated rings. The first-order chi connectivity index (χ1) is 10.1. The van der Waals surface area contributed by atoms with Gasteiger partial charge in [0, 0.05) is 32.2 Å². The average molecular weight is 292 g/mol. The highest BCUT2D eigenvalue weighted by Crippen LogP contribution is 2.06. The maximum atomic E-state index is 11.8. The Morgan fingerprint density at radius 1 is 1.38 bits per heavy atom. The zero-order chi connectivity index (χ0) is 15.1. The standard InChI is InChI=1S/C15H24N4O2/c1-12(2)18-15(20)14-4-3-13(11-17-14)16-5-6-19-7-9-21-10-8-19/h3-4,11-12,16H,5-10H2,1-2H3,(H,18,20). The summed E-state index contributed by atoms with van der Waals surface area (Å²) in [4.78, 5) is 18.3. The zero-order valence-corrected chi connectivity index (χ0v) is 12.8. The number of amides is 1. The summed E-state index contributed by atoms with van der Waals surface area (Å²) in [5, 5.41) is 6.15. The summed E-state index contributed by atoms with van der Waals surface area (Å²) in [7, 11) is 0. The van der Waals surface area contributed by atoms with Crippen molar-refractivity contribution in [3.63, 3.8) is 0 Å². The first-order valence-corrected chi connectivity index (χ1v) is 7.46. The third-order valence-corrected chi connectivity index (χ3v) is 3.28. The first-order valence-electron chi connectivity index (χ1n) is 7.46. The first kappa shape index (κ1) is 15.7. The molecule has 0 saturated carbocycles. The third-order valence-electron chi connectivity index (χ3n) is 3.28. The molecule has 1 aromatic heterocycles. The van der Waals surface area contributed by atoms with Gasteiger partial charge in [-0.25, -0.2) is 4.98 Å². The van der Waals surface area contributed by atoms with Crippen molar-refractivity contribution < 1.29 is 9.53 Å². The van der Waals surface area contributed by atoms with Crippen molar-refractivity contribution >= 4 is 11.6 Å². The number of hydrogen-bond donors (Lipinski definition) is 2. The SMILES string of the molecule is CC(C)NC(=O)c1ccc(NCCN2CCOCC2)cn1. The molecule has 6 heteroatoms. The number of carbonyl (C=O) groups is 1. The molecule has 116 valence electrons. The molecule has 0 radical (unpaired) electrons. The lowest BCUT2D eigenvalue weighted by atomic mass is 10.3. The molecule has 1 amide bonds. The van der Waals surface area contributed by atoms with Gasteiger partial charge < -0.3 is 15.4 Å². The summed E-state index contributed by atoms with van der Waals surface area (Å²) in [6.45, 7) is 9.34. The number of ether oxygens (including phenoxy) is 1. The lowest BCUT2D eigenvalue weighted by Gasteiger charge is -2.26. The van der Waals surface area contributed by atoms with Crippen LogP contribution in [0.25, 0.3) is 0 Å². The molecule has 0 aliphatic carbocycles. The summed E-state index contributed by atoms with van der Waals surface area (Å²) in [5.74, 6) is -0.134. The Hall–Kier alpha value is -1.66. The molecule has 2 rings (SSSR count). The second kappa shape index (κ2) is 7.95. The van der Waals surface area contributed by atoms with Crippen molar-refractivity contribution in [1.29, 1.82) is 0 Å². The fourth-order valence-corrected chi connectivity index (χ4v) is 2.15. The summed E-state index contributed by atoms with van der Waals surface area (Å²) >= 11 is 0. The zero-order valence-electron chi connectivity index (χ0n) is 12.8. The average Bonchev–Trinajstić information content (AvgIpc) is 2.48. The van der Waals surface area contributed by atoms with E-state index in [2.05, 4.69) is 20.5 Å². The van der Waals surface area contributed by atoms with Gasteiger partial charge in [0.2, 0.25) is 0 Å². The van der Waals surface area contributed by atoms with E-state index < -0.39 is 0 Å². The monoisotopic (exact) mass is 292 g/mol. The summed E-state index contributed by atoms with van der Waals surface area (Å²) in [6.07, 6.45) is 1.70. The van der Waals surface area contributed by atoms with Crippen molar-refractivity contribution in [2.75, 3.05) is 44.7 Å². The van der Waals surface area contributed by atoms with Crippen molar-refractivity contribution in [3.05, 3.63) is 24.0 Å². The molecule has 0 aromatic carbocycles. The van der Waals surface area contributed by atoms with Gasteiger partial charge in [-0.15, -0.1) is 0 Å². The molecular weight excluding hydrogens is 268 g/mol. The van der Waals surface area contributed by atoms with Gasteiger partial charge in [-0.3, -0.25) is 9.69 Å². The minimum atomic E-state index is -0.134. The number of hydrogen-bond acceptors (Lipinski definition) is 5. The Balaban J connectivity index is 1.75. The largest absolute Gasteiger partial charge is 0.383 e. The maximum absolute atomic E-state index is 11.8. The van der Waals surface area contributed by atoms with E-state index in [0.29, 0.717) is 5.69 Å². The van der Waals surface area contributed by atoms with Crippen molar-refractivity contribution in [1.82, 2.24) is 15.2 Å². The Morgan fingerprint density at radius 3 is 2.76 bits per heavy atom. The van der Waals surface area contributed by atoms with Gasteiger partial charge >= 0.3 is 0 Å². The number of rotatable bonds is 6. The molecule has 0 unspecified atom stereocenters. The molecule has 6 nitrogen and oxygen atoms in total. The molecule has 0 spiro atoms. The van der Waals surface area contributed by atoms with Crippen LogP contribution < -0.4 is 10.6 Å². The van der Waals surface area contributed by atoms with Crippen LogP contribution in [0.2, 0.25) is 0 Å². The van der Waals surface area contributed by atoms with E-state index in [4.69, 9.17) is 4.74 Å². The van der Waals surface area contributed by atoms with E-state index >= 15 is 0 Å². The normalized spacial score (nSPS) is 16.0. The van der Waals surface area contributed by atoms with E-state index in [9.17, 15) is 4.79 Å². The van der Waals surface area contributed by atoms with Crippen molar-refractivity contribution in [2.45, 2.75) is 19.9 Å². The fourth-order valence-electron chi connectivity index (χ4n) is 2.15. The van der Waals surface area contributed by atoms with Gasteiger partial charge in [0.1, 0.15) is 5.69 Å². The predicted octanol–water partition coefficient (Wildman–Crippen LogP) is 0.964. The number of carbonyl (C=O) groups excluding carboxylic acids is 1. The summed E-state index contributed by atoms with van der Waals surface area (Å²) in [6, 6.07) is 3.75. The molecule has 0 atom stereocenters. The molecule has 21 heavy (non-hydrogen) atoms. The smallest absolute Gasteiger partial charge is 0.270 e. The van der Waals surface area contributed by atoms with Crippen molar-refractivity contribution in [2.24, 2.45) is 0 Å². The van der Waals surface area contributed by atoms with E-state index in [-0.39, 0.29) is 11.9 Å². The van der Waals surface area contributed by atoms with Crippen LogP contribution in [0, 0.1) is 0 Å².